The van der Waals surface area contributed by atoms with Gasteiger partial charge in [-0.2, -0.15) is 4.74 Å². The van der Waals surface area contributed by atoms with Crippen LogP contribution in [-0.4, -0.2) is 32.3 Å². The van der Waals surface area contributed by atoms with E-state index in [-0.39, 0.29) is 5.69 Å². The average Bonchev–Trinajstić information content (AvgIpc) is 2.86. The second kappa shape index (κ2) is 6.55. The average molecular weight is 352 g/mol. The van der Waals surface area contributed by atoms with Crippen molar-refractivity contribution in [1.29, 1.82) is 0 Å². The molecule has 6 heteroatoms. The molecule has 3 rings (SSSR count). The van der Waals surface area contributed by atoms with Crippen LogP contribution in [0.25, 0.3) is 10.9 Å². The minimum atomic E-state index is -0.745. The summed E-state index contributed by atoms with van der Waals surface area (Å²) in [5.41, 5.74) is 0.338. The summed E-state index contributed by atoms with van der Waals surface area (Å²) in [5, 5.41) is 23.8. The zero-order valence-electron chi connectivity index (χ0n) is 14.8. The van der Waals surface area contributed by atoms with Crippen molar-refractivity contribution < 1.29 is 19.4 Å². The third-order valence-corrected chi connectivity index (χ3v) is 3.69. The van der Waals surface area contributed by atoms with Crippen molar-refractivity contribution in [1.82, 2.24) is 4.57 Å². The van der Waals surface area contributed by atoms with Gasteiger partial charge in [-0.3, -0.25) is 0 Å². The van der Waals surface area contributed by atoms with Gasteiger partial charge >= 0.3 is 6.09 Å². The minimum Gasteiger partial charge on any atom is -0.618 e. The highest BCUT2D eigenvalue weighted by Crippen LogP contribution is 2.38. The number of para-hydroxylation sites is 1. The molecule has 3 aromatic rings. The number of rotatable bonds is 2. The Balaban J connectivity index is 2.17. The molecule has 1 aromatic heterocycles. The quantitative estimate of drug-likeness (QED) is 0.321. The molecule has 0 spiro atoms. The molecule has 0 aliphatic carbocycles. The Kier molecular flexibility index (Phi) is 4.42. The van der Waals surface area contributed by atoms with E-state index in [0.717, 1.165) is 4.57 Å². The monoisotopic (exact) mass is 352 g/mol. The van der Waals surface area contributed by atoms with E-state index in [9.17, 15) is 15.1 Å². The number of carbonyl (C=O) groups is 1. The largest absolute Gasteiger partial charge is 0.618 e. The number of carbonyl (C=O) groups excluding carboxylic acids is 1. The first kappa shape index (κ1) is 17.5. The van der Waals surface area contributed by atoms with E-state index in [1.165, 1.54) is 6.21 Å². The SMILES string of the molecule is CC(C)(C)OC(=O)n1c(O)c(/[N+]([O-])=C/c2ccccc2)c2ccccc21. The molecule has 2 aromatic carbocycles. The van der Waals surface area contributed by atoms with E-state index in [2.05, 4.69) is 0 Å². The molecule has 0 aliphatic heterocycles. The van der Waals surface area contributed by atoms with E-state index in [1.807, 2.05) is 18.2 Å². The summed E-state index contributed by atoms with van der Waals surface area (Å²) in [7, 11) is 0. The maximum absolute atomic E-state index is 12.7. The first-order valence-electron chi connectivity index (χ1n) is 8.20. The maximum Gasteiger partial charge on any atom is 0.422 e. The van der Waals surface area contributed by atoms with Gasteiger partial charge in [0.2, 0.25) is 0 Å². The number of aromatic nitrogens is 1. The van der Waals surface area contributed by atoms with Gasteiger partial charge in [0, 0.05) is 5.56 Å². The van der Waals surface area contributed by atoms with Crippen LogP contribution >= 0.6 is 0 Å². The van der Waals surface area contributed by atoms with Crippen molar-refractivity contribution in [2.24, 2.45) is 0 Å². The van der Waals surface area contributed by atoms with Crippen molar-refractivity contribution in [2.45, 2.75) is 26.4 Å². The summed E-state index contributed by atoms with van der Waals surface area (Å²) in [5.74, 6) is -0.456. The standard InChI is InChI=1S/C20H20N2O4/c1-20(2,3)26-19(24)22-16-12-8-7-11-15(16)17(18(22)23)21(25)13-14-9-5-4-6-10-14/h4-13,23H,1-3H3/b21-13-. The predicted molar refractivity (Wildman–Crippen MR) is 100 cm³/mol. The van der Waals surface area contributed by atoms with Crippen molar-refractivity contribution in [3.05, 3.63) is 65.4 Å². The molecule has 0 saturated carbocycles. The van der Waals surface area contributed by atoms with Gasteiger partial charge in [-0.1, -0.05) is 30.3 Å². The summed E-state index contributed by atoms with van der Waals surface area (Å²) in [6.07, 6.45) is 0.603. The molecule has 0 saturated heterocycles. The van der Waals surface area contributed by atoms with Gasteiger partial charge in [-0.25, -0.2) is 9.36 Å². The Bertz CT molecular complexity index is 982. The van der Waals surface area contributed by atoms with Crippen LogP contribution in [-0.2, 0) is 4.74 Å². The van der Waals surface area contributed by atoms with Gasteiger partial charge < -0.3 is 15.1 Å². The van der Waals surface area contributed by atoms with Gasteiger partial charge in [0.15, 0.2) is 6.21 Å². The molecule has 0 atom stereocenters. The Labute approximate surface area is 151 Å². The lowest BCUT2D eigenvalue weighted by Gasteiger charge is -2.19. The lowest BCUT2D eigenvalue weighted by Crippen LogP contribution is -2.26. The molecule has 0 unspecified atom stereocenters. The number of ether oxygens (including phenoxy) is 1. The highest BCUT2D eigenvalue weighted by molar-refractivity contribution is 6.00. The highest BCUT2D eigenvalue weighted by Gasteiger charge is 2.29. The van der Waals surface area contributed by atoms with Crippen LogP contribution in [0.4, 0.5) is 10.5 Å². The fourth-order valence-electron chi connectivity index (χ4n) is 2.66. The Morgan fingerprint density at radius 1 is 1.12 bits per heavy atom. The number of hydrogen-bond donors (Lipinski definition) is 1. The van der Waals surface area contributed by atoms with E-state index in [0.29, 0.717) is 21.2 Å². The molecule has 26 heavy (non-hydrogen) atoms. The number of fused-ring (bicyclic) bond motifs is 1. The Hall–Kier alpha value is -3.28. The summed E-state index contributed by atoms with van der Waals surface area (Å²) < 4.78 is 6.93. The second-order valence-corrected chi connectivity index (χ2v) is 6.87. The molecule has 0 aliphatic rings. The van der Waals surface area contributed by atoms with Crippen LogP contribution in [0.2, 0.25) is 0 Å². The van der Waals surface area contributed by atoms with E-state index >= 15 is 0 Å². The molecular weight excluding hydrogens is 332 g/mol. The molecular formula is C20H20N2O4. The van der Waals surface area contributed by atoms with E-state index < -0.39 is 17.6 Å². The van der Waals surface area contributed by atoms with Crippen LogP contribution in [0.5, 0.6) is 5.88 Å². The third kappa shape index (κ3) is 3.39. The van der Waals surface area contributed by atoms with Crippen LogP contribution in [0.1, 0.15) is 26.3 Å². The smallest absolute Gasteiger partial charge is 0.422 e. The van der Waals surface area contributed by atoms with Crippen molar-refractivity contribution in [3.63, 3.8) is 0 Å². The Morgan fingerprint density at radius 2 is 1.73 bits per heavy atom. The summed E-state index contributed by atoms with van der Waals surface area (Å²) in [6, 6.07) is 15.8. The molecule has 0 bridgehead atoms. The molecule has 0 radical (unpaired) electrons. The minimum absolute atomic E-state index is 0.00434. The fraction of sp³-hybridized carbons (Fsp3) is 0.200. The first-order valence-corrected chi connectivity index (χ1v) is 8.20. The molecule has 6 nitrogen and oxygen atoms in total. The van der Waals surface area contributed by atoms with Gasteiger partial charge in [-0.15, -0.1) is 0 Å². The number of benzene rings is 2. The van der Waals surface area contributed by atoms with Gasteiger partial charge in [0.25, 0.3) is 11.6 Å². The normalized spacial score (nSPS) is 12.3. The molecule has 0 amide bonds. The van der Waals surface area contributed by atoms with E-state index in [4.69, 9.17) is 4.74 Å². The summed E-state index contributed by atoms with van der Waals surface area (Å²) in [6.45, 7) is 5.20. The van der Waals surface area contributed by atoms with Crippen LogP contribution in [0.15, 0.2) is 54.6 Å². The number of nitrogens with zero attached hydrogens (tertiary/aromatic N) is 2. The lowest BCUT2D eigenvalue weighted by molar-refractivity contribution is -0.353. The summed E-state index contributed by atoms with van der Waals surface area (Å²) in [4.78, 5) is 12.5. The molecule has 134 valence electrons. The third-order valence-electron chi connectivity index (χ3n) is 3.69. The number of aromatic hydroxyl groups is 1. The van der Waals surface area contributed by atoms with Crippen LogP contribution in [0.3, 0.4) is 0 Å². The first-order chi connectivity index (χ1) is 12.3. The van der Waals surface area contributed by atoms with E-state index in [1.54, 1.807) is 57.2 Å². The molecule has 1 N–H and O–H groups in total. The maximum atomic E-state index is 12.7. The number of hydrogen-bond acceptors (Lipinski definition) is 4. The van der Waals surface area contributed by atoms with Crippen LogP contribution in [0, 0.1) is 5.21 Å². The van der Waals surface area contributed by atoms with Gasteiger partial charge in [-0.05, 0) is 45.0 Å². The van der Waals surface area contributed by atoms with Crippen molar-refractivity contribution in [3.8, 4) is 5.88 Å². The second-order valence-electron chi connectivity index (χ2n) is 6.87. The topological polar surface area (TPSA) is 77.5 Å². The predicted octanol–water partition coefficient (Wildman–Crippen LogP) is 4.39. The zero-order chi connectivity index (χ0) is 18.9. The van der Waals surface area contributed by atoms with Crippen LogP contribution < -0.4 is 0 Å². The molecule has 1 heterocycles. The lowest BCUT2D eigenvalue weighted by atomic mass is 10.2. The van der Waals surface area contributed by atoms with Crippen molar-refractivity contribution >= 4 is 28.9 Å². The fourth-order valence-corrected chi connectivity index (χ4v) is 2.66. The van der Waals surface area contributed by atoms with Crippen molar-refractivity contribution in [2.75, 3.05) is 0 Å². The van der Waals surface area contributed by atoms with Gasteiger partial charge in [0.1, 0.15) is 5.60 Å². The van der Waals surface area contributed by atoms with Gasteiger partial charge in [0.05, 0.1) is 10.9 Å². The molecule has 0 fully saturated rings. The highest BCUT2D eigenvalue weighted by atomic mass is 16.6. The summed E-state index contributed by atoms with van der Waals surface area (Å²) >= 11 is 0. The zero-order valence-corrected chi connectivity index (χ0v) is 14.8. The Morgan fingerprint density at radius 3 is 2.38 bits per heavy atom.